The van der Waals surface area contributed by atoms with Crippen LogP contribution in [-0.2, 0) is 4.74 Å². The molecule has 1 unspecified atom stereocenters. The van der Waals surface area contributed by atoms with E-state index >= 15 is 0 Å². The van der Waals surface area contributed by atoms with Crippen LogP contribution in [0.15, 0.2) is 28.8 Å². The third-order valence-electron chi connectivity index (χ3n) is 3.44. The van der Waals surface area contributed by atoms with E-state index in [1.807, 2.05) is 24.3 Å². The minimum Gasteiger partial charge on any atom is -0.379 e. The smallest absolute Gasteiger partial charge is 0.259 e. The van der Waals surface area contributed by atoms with Crippen molar-refractivity contribution in [2.75, 3.05) is 32.8 Å². The molecule has 1 aliphatic rings. The maximum absolute atomic E-state index is 6.19. The molecule has 1 atom stereocenters. The van der Waals surface area contributed by atoms with Gasteiger partial charge in [0, 0.05) is 23.2 Å². The van der Waals surface area contributed by atoms with Crippen molar-refractivity contribution in [2.45, 2.75) is 6.04 Å². The Bertz CT molecular complexity index is 598. The highest BCUT2D eigenvalue weighted by Crippen LogP contribution is 2.24. The van der Waals surface area contributed by atoms with Crippen LogP contribution in [0.1, 0.15) is 11.9 Å². The third-order valence-corrected chi connectivity index (χ3v) is 4.38. The van der Waals surface area contributed by atoms with Gasteiger partial charge in [-0.25, -0.2) is 0 Å². The molecule has 7 heteroatoms. The fraction of sp³-hybridized carbons (Fsp3) is 0.429. The average molecular weight is 400 g/mol. The number of nitrogens with zero attached hydrogens (tertiary/aromatic N) is 3. The van der Waals surface area contributed by atoms with E-state index in [0.29, 0.717) is 18.3 Å². The van der Waals surface area contributed by atoms with Crippen molar-refractivity contribution in [3.8, 4) is 11.5 Å². The molecule has 0 spiro atoms. The standard InChI is InChI=1S/C14H17IN4O2/c15-11-4-2-1-3-10(11)14-17-13(18-21-14)12(16)9-19-5-7-20-8-6-19/h1-4,12H,5-9,16H2. The van der Waals surface area contributed by atoms with Gasteiger partial charge in [0.25, 0.3) is 5.89 Å². The van der Waals surface area contributed by atoms with Gasteiger partial charge in [-0.1, -0.05) is 17.3 Å². The van der Waals surface area contributed by atoms with Crippen molar-refractivity contribution in [1.82, 2.24) is 15.0 Å². The molecule has 0 saturated carbocycles. The molecule has 0 aliphatic carbocycles. The van der Waals surface area contributed by atoms with E-state index in [0.717, 1.165) is 35.4 Å². The highest BCUT2D eigenvalue weighted by molar-refractivity contribution is 14.1. The van der Waals surface area contributed by atoms with Crippen LogP contribution in [0.25, 0.3) is 11.5 Å². The van der Waals surface area contributed by atoms with Crippen LogP contribution in [0.4, 0.5) is 0 Å². The normalized spacial score (nSPS) is 17.8. The monoisotopic (exact) mass is 400 g/mol. The number of halogens is 1. The maximum Gasteiger partial charge on any atom is 0.259 e. The summed E-state index contributed by atoms with van der Waals surface area (Å²) in [6.07, 6.45) is 0. The van der Waals surface area contributed by atoms with E-state index in [-0.39, 0.29) is 6.04 Å². The molecular formula is C14H17IN4O2. The Hall–Kier alpha value is -1.03. The predicted molar refractivity (Wildman–Crippen MR) is 86.6 cm³/mol. The van der Waals surface area contributed by atoms with E-state index in [1.54, 1.807) is 0 Å². The molecule has 2 aromatic rings. The zero-order chi connectivity index (χ0) is 14.7. The fourth-order valence-electron chi connectivity index (χ4n) is 2.27. The summed E-state index contributed by atoms with van der Waals surface area (Å²) in [6.45, 7) is 4.02. The van der Waals surface area contributed by atoms with Gasteiger partial charge in [0.2, 0.25) is 0 Å². The van der Waals surface area contributed by atoms with E-state index in [9.17, 15) is 0 Å². The lowest BCUT2D eigenvalue weighted by Gasteiger charge is -2.27. The topological polar surface area (TPSA) is 77.4 Å². The Kier molecular flexibility index (Phi) is 4.84. The molecule has 0 bridgehead atoms. The number of aromatic nitrogens is 2. The van der Waals surface area contributed by atoms with Crippen LogP contribution in [0, 0.1) is 3.57 Å². The lowest BCUT2D eigenvalue weighted by Crippen LogP contribution is -2.40. The molecule has 6 nitrogen and oxygen atoms in total. The van der Waals surface area contributed by atoms with Crippen LogP contribution >= 0.6 is 22.6 Å². The fourth-order valence-corrected chi connectivity index (χ4v) is 2.89. The minimum atomic E-state index is -0.248. The summed E-state index contributed by atoms with van der Waals surface area (Å²) in [7, 11) is 0. The van der Waals surface area contributed by atoms with Crippen LogP contribution in [-0.4, -0.2) is 47.9 Å². The Morgan fingerprint density at radius 1 is 1.29 bits per heavy atom. The Labute approximate surface area is 136 Å². The van der Waals surface area contributed by atoms with E-state index in [2.05, 4.69) is 37.6 Å². The van der Waals surface area contributed by atoms with E-state index in [4.69, 9.17) is 15.0 Å². The number of hydrogen-bond acceptors (Lipinski definition) is 6. The first kappa shape index (κ1) is 14.9. The van der Waals surface area contributed by atoms with Crippen molar-refractivity contribution in [2.24, 2.45) is 5.73 Å². The second-order valence-corrected chi connectivity index (χ2v) is 6.12. The Balaban J connectivity index is 1.71. The summed E-state index contributed by atoms with van der Waals surface area (Å²) in [5.74, 6) is 1.07. The molecule has 2 heterocycles. The van der Waals surface area contributed by atoms with Crippen molar-refractivity contribution in [3.63, 3.8) is 0 Å². The van der Waals surface area contributed by atoms with Gasteiger partial charge in [-0.15, -0.1) is 0 Å². The molecule has 1 saturated heterocycles. The number of nitrogens with two attached hydrogens (primary N) is 1. The van der Waals surface area contributed by atoms with Crippen LogP contribution in [0.5, 0.6) is 0 Å². The van der Waals surface area contributed by atoms with E-state index < -0.39 is 0 Å². The first-order chi connectivity index (χ1) is 10.2. The molecule has 3 rings (SSSR count). The molecular weight excluding hydrogens is 383 g/mol. The highest BCUT2D eigenvalue weighted by Gasteiger charge is 2.20. The maximum atomic E-state index is 6.19. The SMILES string of the molecule is NC(CN1CCOCC1)c1noc(-c2ccccc2I)n1. The first-order valence-corrected chi connectivity index (χ1v) is 7.96. The summed E-state index contributed by atoms with van der Waals surface area (Å²) < 4.78 is 11.8. The molecule has 0 amide bonds. The second kappa shape index (κ2) is 6.82. The molecule has 0 radical (unpaired) electrons. The quantitative estimate of drug-likeness (QED) is 0.788. The summed E-state index contributed by atoms with van der Waals surface area (Å²) in [5.41, 5.74) is 7.13. The summed E-state index contributed by atoms with van der Waals surface area (Å²) in [4.78, 5) is 6.70. The van der Waals surface area contributed by atoms with Crippen molar-refractivity contribution < 1.29 is 9.26 Å². The van der Waals surface area contributed by atoms with Crippen LogP contribution < -0.4 is 5.73 Å². The molecule has 1 aliphatic heterocycles. The second-order valence-electron chi connectivity index (χ2n) is 4.96. The van der Waals surface area contributed by atoms with Gasteiger partial charge in [-0.3, -0.25) is 4.90 Å². The molecule has 1 aromatic carbocycles. The van der Waals surface area contributed by atoms with Crippen LogP contribution in [0.2, 0.25) is 0 Å². The number of hydrogen-bond donors (Lipinski definition) is 1. The molecule has 2 N–H and O–H groups in total. The third kappa shape index (κ3) is 3.60. The van der Waals surface area contributed by atoms with Gasteiger partial charge >= 0.3 is 0 Å². The molecule has 112 valence electrons. The lowest BCUT2D eigenvalue weighted by molar-refractivity contribution is 0.0348. The molecule has 1 aromatic heterocycles. The number of rotatable bonds is 4. The highest BCUT2D eigenvalue weighted by atomic mass is 127. The Morgan fingerprint density at radius 2 is 2.05 bits per heavy atom. The van der Waals surface area contributed by atoms with Crippen molar-refractivity contribution >= 4 is 22.6 Å². The van der Waals surface area contributed by atoms with Gasteiger partial charge in [-0.2, -0.15) is 4.98 Å². The van der Waals surface area contributed by atoms with Gasteiger partial charge in [0.1, 0.15) is 0 Å². The zero-order valence-corrected chi connectivity index (χ0v) is 13.7. The Morgan fingerprint density at radius 3 is 2.81 bits per heavy atom. The van der Waals surface area contributed by atoms with Crippen LogP contribution in [0.3, 0.4) is 0 Å². The first-order valence-electron chi connectivity index (χ1n) is 6.88. The van der Waals surface area contributed by atoms with E-state index in [1.165, 1.54) is 0 Å². The van der Waals surface area contributed by atoms with Gasteiger partial charge in [-0.05, 0) is 34.7 Å². The van der Waals surface area contributed by atoms with Gasteiger partial charge < -0.3 is 15.0 Å². The predicted octanol–water partition coefficient (Wildman–Crippen LogP) is 1.67. The summed E-state index contributed by atoms with van der Waals surface area (Å²) in [6, 6.07) is 7.66. The number of ether oxygens (including phenoxy) is 1. The summed E-state index contributed by atoms with van der Waals surface area (Å²) >= 11 is 2.25. The van der Waals surface area contributed by atoms with Gasteiger partial charge in [0.15, 0.2) is 5.82 Å². The molecule has 1 fully saturated rings. The molecule has 21 heavy (non-hydrogen) atoms. The zero-order valence-electron chi connectivity index (χ0n) is 11.5. The lowest BCUT2D eigenvalue weighted by atomic mass is 10.2. The number of benzene rings is 1. The largest absolute Gasteiger partial charge is 0.379 e. The number of morpholine rings is 1. The van der Waals surface area contributed by atoms with Crippen molar-refractivity contribution in [1.29, 1.82) is 0 Å². The minimum absolute atomic E-state index is 0.248. The average Bonchev–Trinajstić information content (AvgIpc) is 2.98. The van der Waals surface area contributed by atoms with Crippen molar-refractivity contribution in [3.05, 3.63) is 33.7 Å². The van der Waals surface area contributed by atoms with Gasteiger partial charge in [0.05, 0.1) is 24.8 Å². The summed E-state index contributed by atoms with van der Waals surface area (Å²) in [5, 5.41) is 4.03.